The average Bonchev–Trinajstić information content (AvgIpc) is 2.61. The van der Waals surface area contributed by atoms with Crippen LogP contribution in [0.5, 0.6) is 0 Å². The number of aryl methyl sites for hydroxylation is 1. The second-order valence-electron chi connectivity index (χ2n) is 6.28. The molecule has 0 spiro atoms. The van der Waals surface area contributed by atoms with Crippen LogP contribution in [0.2, 0.25) is 0 Å². The van der Waals surface area contributed by atoms with Crippen molar-refractivity contribution in [1.29, 1.82) is 0 Å². The van der Waals surface area contributed by atoms with E-state index in [9.17, 15) is 9.18 Å². The van der Waals surface area contributed by atoms with Gasteiger partial charge in [0, 0.05) is 25.6 Å². The van der Waals surface area contributed by atoms with Crippen LogP contribution in [-0.4, -0.2) is 24.0 Å². The monoisotopic (exact) mass is 327 g/mol. The summed E-state index contributed by atoms with van der Waals surface area (Å²) in [5.41, 5.74) is 2.32. The minimum absolute atomic E-state index is 0.0141. The Hall–Kier alpha value is -2.43. The van der Waals surface area contributed by atoms with Crippen LogP contribution in [0.4, 0.5) is 10.2 Å². The van der Waals surface area contributed by atoms with E-state index in [4.69, 9.17) is 0 Å². The zero-order valence-corrected chi connectivity index (χ0v) is 13.8. The highest BCUT2D eigenvalue weighted by molar-refractivity contribution is 5.79. The smallest absolute Gasteiger partial charge is 0.223 e. The minimum Gasteiger partial charge on any atom is -0.356 e. The Balaban J connectivity index is 1.49. The first-order valence-corrected chi connectivity index (χ1v) is 8.32. The van der Waals surface area contributed by atoms with Crippen LogP contribution in [-0.2, 0) is 11.3 Å². The minimum atomic E-state index is -0.467. The predicted octanol–water partition coefficient (Wildman–Crippen LogP) is 3.06. The van der Waals surface area contributed by atoms with Gasteiger partial charge in [-0.05, 0) is 37.5 Å². The first-order valence-electron chi connectivity index (χ1n) is 8.32. The molecular formula is C19H22FN3O. The fourth-order valence-electron chi connectivity index (χ4n) is 2.98. The number of hydrogen-bond donors (Lipinski definition) is 1. The van der Waals surface area contributed by atoms with Gasteiger partial charge in [0.15, 0.2) is 0 Å². The number of amides is 1. The SMILES string of the molecule is Cc1ccc(CNC(=O)C2CCN(c3cccc(F)n3)CC2)cc1. The Morgan fingerprint density at radius 1 is 1.21 bits per heavy atom. The molecule has 1 fully saturated rings. The largest absolute Gasteiger partial charge is 0.356 e. The third kappa shape index (κ3) is 4.10. The molecule has 0 radical (unpaired) electrons. The van der Waals surface area contributed by atoms with Crippen molar-refractivity contribution < 1.29 is 9.18 Å². The van der Waals surface area contributed by atoms with Gasteiger partial charge < -0.3 is 10.2 Å². The Labute approximate surface area is 141 Å². The van der Waals surface area contributed by atoms with Crippen molar-refractivity contribution >= 4 is 11.7 Å². The summed E-state index contributed by atoms with van der Waals surface area (Å²) in [6.45, 7) is 4.05. The number of nitrogens with zero attached hydrogens (tertiary/aromatic N) is 2. The first kappa shape index (κ1) is 16.4. The second kappa shape index (κ2) is 7.43. The lowest BCUT2D eigenvalue weighted by molar-refractivity contribution is -0.125. The fraction of sp³-hybridized carbons (Fsp3) is 0.368. The van der Waals surface area contributed by atoms with Crippen LogP contribution < -0.4 is 10.2 Å². The number of benzene rings is 1. The van der Waals surface area contributed by atoms with Crippen molar-refractivity contribution in [3.8, 4) is 0 Å². The highest BCUT2D eigenvalue weighted by Gasteiger charge is 2.25. The molecule has 1 aliphatic heterocycles. The third-order valence-electron chi connectivity index (χ3n) is 4.48. The van der Waals surface area contributed by atoms with Crippen LogP contribution in [0.3, 0.4) is 0 Å². The molecule has 1 saturated heterocycles. The molecule has 5 heteroatoms. The van der Waals surface area contributed by atoms with Gasteiger partial charge in [0.25, 0.3) is 0 Å². The highest BCUT2D eigenvalue weighted by Crippen LogP contribution is 2.22. The zero-order valence-electron chi connectivity index (χ0n) is 13.8. The Morgan fingerprint density at radius 2 is 1.92 bits per heavy atom. The second-order valence-corrected chi connectivity index (χ2v) is 6.28. The molecule has 1 aliphatic rings. The van der Waals surface area contributed by atoms with Crippen molar-refractivity contribution in [3.63, 3.8) is 0 Å². The standard InChI is InChI=1S/C19H22FN3O/c1-14-5-7-15(8-6-14)13-21-19(24)16-9-11-23(12-10-16)18-4-2-3-17(20)22-18/h2-8,16H,9-13H2,1H3,(H,21,24). The number of rotatable bonds is 4. The molecule has 2 heterocycles. The quantitative estimate of drug-likeness (QED) is 0.878. The molecule has 1 amide bonds. The van der Waals surface area contributed by atoms with E-state index in [0.717, 1.165) is 31.5 Å². The lowest BCUT2D eigenvalue weighted by atomic mass is 9.96. The van der Waals surface area contributed by atoms with Crippen LogP contribution in [0.15, 0.2) is 42.5 Å². The van der Waals surface area contributed by atoms with Crippen LogP contribution >= 0.6 is 0 Å². The van der Waals surface area contributed by atoms with Gasteiger partial charge in [-0.15, -0.1) is 0 Å². The van der Waals surface area contributed by atoms with E-state index in [1.165, 1.54) is 11.6 Å². The first-order chi connectivity index (χ1) is 11.6. The summed E-state index contributed by atoms with van der Waals surface area (Å²) in [7, 11) is 0. The maximum atomic E-state index is 13.2. The zero-order chi connectivity index (χ0) is 16.9. The molecule has 4 nitrogen and oxygen atoms in total. The topological polar surface area (TPSA) is 45.2 Å². The normalized spacial score (nSPS) is 15.3. The molecule has 0 unspecified atom stereocenters. The van der Waals surface area contributed by atoms with Gasteiger partial charge in [-0.3, -0.25) is 4.79 Å². The summed E-state index contributed by atoms with van der Waals surface area (Å²) in [4.78, 5) is 18.3. The predicted molar refractivity (Wildman–Crippen MR) is 92.2 cm³/mol. The molecule has 1 aromatic heterocycles. The van der Waals surface area contributed by atoms with Crippen molar-refractivity contribution in [2.45, 2.75) is 26.3 Å². The van der Waals surface area contributed by atoms with E-state index in [2.05, 4.69) is 10.3 Å². The summed E-state index contributed by atoms with van der Waals surface area (Å²) < 4.78 is 13.2. The number of nitrogens with one attached hydrogen (secondary N) is 1. The van der Waals surface area contributed by atoms with Gasteiger partial charge in [-0.25, -0.2) is 4.98 Å². The van der Waals surface area contributed by atoms with Gasteiger partial charge >= 0.3 is 0 Å². The van der Waals surface area contributed by atoms with E-state index in [1.807, 2.05) is 36.1 Å². The summed E-state index contributed by atoms with van der Waals surface area (Å²) in [5.74, 6) is 0.293. The van der Waals surface area contributed by atoms with Crippen LogP contribution in [0, 0.1) is 18.8 Å². The number of carbonyl (C=O) groups excluding carboxylic acids is 1. The average molecular weight is 327 g/mol. The molecule has 24 heavy (non-hydrogen) atoms. The van der Waals surface area contributed by atoms with Crippen molar-refractivity contribution in [3.05, 3.63) is 59.5 Å². The summed E-state index contributed by atoms with van der Waals surface area (Å²) in [6, 6.07) is 13.0. The number of pyridine rings is 1. The molecule has 0 aliphatic carbocycles. The summed E-state index contributed by atoms with van der Waals surface area (Å²) in [5, 5.41) is 3.02. The number of carbonyl (C=O) groups is 1. The summed E-state index contributed by atoms with van der Waals surface area (Å²) in [6.07, 6.45) is 1.52. The van der Waals surface area contributed by atoms with Crippen molar-refractivity contribution in [1.82, 2.24) is 10.3 Å². The molecule has 1 aromatic carbocycles. The van der Waals surface area contributed by atoms with Crippen molar-refractivity contribution in [2.75, 3.05) is 18.0 Å². The number of halogens is 1. The van der Waals surface area contributed by atoms with Gasteiger partial charge in [-0.1, -0.05) is 35.9 Å². The van der Waals surface area contributed by atoms with Gasteiger partial charge in [0.05, 0.1) is 0 Å². The molecule has 3 rings (SSSR count). The van der Waals surface area contributed by atoms with E-state index in [0.29, 0.717) is 12.4 Å². The molecule has 2 aromatic rings. The van der Waals surface area contributed by atoms with Crippen molar-refractivity contribution in [2.24, 2.45) is 5.92 Å². The molecular weight excluding hydrogens is 305 g/mol. The maximum Gasteiger partial charge on any atom is 0.223 e. The molecule has 1 N–H and O–H groups in total. The number of aromatic nitrogens is 1. The Bertz CT molecular complexity index is 694. The number of hydrogen-bond acceptors (Lipinski definition) is 3. The Morgan fingerprint density at radius 3 is 2.58 bits per heavy atom. The summed E-state index contributed by atoms with van der Waals surface area (Å²) >= 11 is 0. The number of piperidine rings is 1. The molecule has 0 saturated carbocycles. The molecule has 0 atom stereocenters. The fourth-order valence-corrected chi connectivity index (χ4v) is 2.98. The Kier molecular flexibility index (Phi) is 5.08. The van der Waals surface area contributed by atoms with Gasteiger partial charge in [-0.2, -0.15) is 4.39 Å². The highest BCUT2D eigenvalue weighted by atomic mass is 19.1. The van der Waals surface area contributed by atoms with E-state index < -0.39 is 5.95 Å². The van der Waals surface area contributed by atoms with Gasteiger partial charge in [0.2, 0.25) is 11.9 Å². The van der Waals surface area contributed by atoms with Crippen LogP contribution in [0.25, 0.3) is 0 Å². The maximum absolute atomic E-state index is 13.2. The molecule has 126 valence electrons. The van der Waals surface area contributed by atoms with E-state index >= 15 is 0 Å². The molecule has 0 bridgehead atoms. The van der Waals surface area contributed by atoms with E-state index in [-0.39, 0.29) is 11.8 Å². The van der Waals surface area contributed by atoms with E-state index in [1.54, 1.807) is 12.1 Å². The third-order valence-corrected chi connectivity index (χ3v) is 4.48. The van der Waals surface area contributed by atoms with Crippen LogP contribution in [0.1, 0.15) is 24.0 Å². The lowest BCUT2D eigenvalue weighted by Gasteiger charge is -2.32. The van der Waals surface area contributed by atoms with Gasteiger partial charge in [0.1, 0.15) is 5.82 Å². The lowest BCUT2D eigenvalue weighted by Crippen LogP contribution is -2.40. The number of anilines is 1.